The van der Waals surface area contributed by atoms with Gasteiger partial charge in [-0.25, -0.2) is 9.97 Å². The summed E-state index contributed by atoms with van der Waals surface area (Å²) in [5.74, 6) is 0.723. The summed E-state index contributed by atoms with van der Waals surface area (Å²) in [6, 6.07) is 6.05. The molecule has 0 aromatic carbocycles. The maximum Gasteiger partial charge on any atom is 0.223 e. The highest BCUT2D eigenvalue weighted by atomic mass is 15.1. The maximum atomic E-state index is 4.52. The van der Waals surface area contributed by atoms with Crippen LogP contribution in [0.15, 0.2) is 30.6 Å². The number of hydrogen-bond donors (Lipinski definition) is 1. The van der Waals surface area contributed by atoms with Crippen molar-refractivity contribution in [2.24, 2.45) is 0 Å². The molecular weight excluding hydrogens is 224 g/mol. The van der Waals surface area contributed by atoms with Crippen LogP contribution in [0.25, 0.3) is 0 Å². The van der Waals surface area contributed by atoms with Crippen LogP contribution in [0.3, 0.4) is 0 Å². The zero-order valence-electron chi connectivity index (χ0n) is 10.8. The molecule has 0 radical (unpaired) electrons. The van der Waals surface area contributed by atoms with Crippen molar-refractivity contribution in [2.45, 2.75) is 26.7 Å². The van der Waals surface area contributed by atoms with E-state index < -0.39 is 0 Å². The molecule has 0 unspecified atom stereocenters. The Morgan fingerprint density at radius 3 is 2.67 bits per heavy atom. The largest absolute Gasteiger partial charge is 0.354 e. The van der Waals surface area contributed by atoms with Crippen LogP contribution in [0.2, 0.25) is 0 Å². The van der Waals surface area contributed by atoms with Crippen molar-refractivity contribution in [3.63, 3.8) is 0 Å². The first kappa shape index (κ1) is 12.5. The van der Waals surface area contributed by atoms with Crippen LogP contribution >= 0.6 is 0 Å². The van der Waals surface area contributed by atoms with E-state index in [0.717, 1.165) is 36.7 Å². The van der Waals surface area contributed by atoms with E-state index in [2.05, 4.69) is 27.2 Å². The molecule has 4 nitrogen and oxygen atoms in total. The minimum Gasteiger partial charge on any atom is -0.354 e. The third-order valence-corrected chi connectivity index (χ3v) is 2.57. The molecular formula is C14H18N4. The third-order valence-electron chi connectivity index (χ3n) is 2.57. The topological polar surface area (TPSA) is 50.7 Å². The molecule has 94 valence electrons. The van der Waals surface area contributed by atoms with Crippen molar-refractivity contribution < 1.29 is 0 Å². The lowest BCUT2D eigenvalue weighted by atomic mass is 10.1. The molecule has 2 aromatic rings. The molecule has 18 heavy (non-hydrogen) atoms. The predicted octanol–water partition coefficient (Wildman–Crippen LogP) is 2.59. The molecule has 4 heteroatoms. The normalized spacial score (nSPS) is 10.3. The Balaban J connectivity index is 2.15. The highest BCUT2D eigenvalue weighted by Gasteiger charge is 2.03. The van der Waals surface area contributed by atoms with Gasteiger partial charge in [-0.2, -0.15) is 0 Å². The van der Waals surface area contributed by atoms with Gasteiger partial charge in [0.25, 0.3) is 0 Å². The summed E-state index contributed by atoms with van der Waals surface area (Å²) in [6.07, 6.45) is 5.49. The third kappa shape index (κ3) is 3.52. The van der Waals surface area contributed by atoms with E-state index in [4.69, 9.17) is 0 Å². The fourth-order valence-corrected chi connectivity index (χ4v) is 1.75. The van der Waals surface area contributed by atoms with Crippen molar-refractivity contribution in [3.8, 4) is 0 Å². The van der Waals surface area contributed by atoms with Crippen molar-refractivity contribution in [1.29, 1.82) is 0 Å². The molecule has 2 heterocycles. The minimum absolute atomic E-state index is 0.723. The lowest BCUT2D eigenvalue weighted by Crippen LogP contribution is -2.07. The van der Waals surface area contributed by atoms with Gasteiger partial charge in [0.05, 0.1) is 5.69 Å². The van der Waals surface area contributed by atoms with Gasteiger partial charge in [-0.15, -0.1) is 0 Å². The van der Waals surface area contributed by atoms with Crippen LogP contribution in [0.1, 0.15) is 30.3 Å². The number of aromatic nitrogens is 3. The van der Waals surface area contributed by atoms with Crippen molar-refractivity contribution in [1.82, 2.24) is 15.0 Å². The summed E-state index contributed by atoms with van der Waals surface area (Å²) in [7, 11) is 0. The highest BCUT2D eigenvalue weighted by molar-refractivity contribution is 5.30. The molecule has 0 spiro atoms. The molecule has 0 aliphatic rings. The molecule has 0 fully saturated rings. The average Bonchev–Trinajstić information content (AvgIpc) is 2.37. The van der Waals surface area contributed by atoms with Crippen LogP contribution in [0.4, 0.5) is 5.95 Å². The van der Waals surface area contributed by atoms with Crippen molar-refractivity contribution >= 4 is 5.95 Å². The molecule has 0 amide bonds. The van der Waals surface area contributed by atoms with E-state index in [1.54, 1.807) is 12.4 Å². The van der Waals surface area contributed by atoms with Crippen molar-refractivity contribution in [2.75, 3.05) is 11.9 Å². The molecule has 0 aliphatic carbocycles. The van der Waals surface area contributed by atoms with E-state index in [9.17, 15) is 0 Å². The molecule has 0 saturated carbocycles. The molecule has 2 aromatic heterocycles. The highest BCUT2D eigenvalue weighted by Crippen LogP contribution is 2.10. The van der Waals surface area contributed by atoms with Gasteiger partial charge in [0.2, 0.25) is 5.95 Å². The number of hydrogen-bond acceptors (Lipinski definition) is 4. The molecule has 2 rings (SSSR count). The predicted molar refractivity (Wildman–Crippen MR) is 72.6 cm³/mol. The Hall–Kier alpha value is -1.97. The number of nitrogens with zero attached hydrogens (tertiary/aromatic N) is 3. The summed E-state index contributed by atoms with van der Waals surface area (Å²) < 4.78 is 0. The van der Waals surface area contributed by atoms with Gasteiger partial charge in [-0.1, -0.05) is 6.92 Å². The SMILES string of the molecule is CCCNc1nc(C)cc(Cc2ccncc2)n1. The van der Waals surface area contributed by atoms with Crippen LogP contribution in [0.5, 0.6) is 0 Å². The zero-order chi connectivity index (χ0) is 12.8. The monoisotopic (exact) mass is 242 g/mol. The number of pyridine rings is 1. The fraction of sp³-hybridized carbons (Fsp3) is 0.357. The zero-order valence-corrected chi connectivity index (χ0v) is 10.8. The molecule has 0 aliphatic heterocycles. The Kier molecular flexibility index (Phi) is 4.23. The minimum atomic E-state index is 0.723. The van der Waals surface area contributed by atoms with Crippen LogP contribution < -0.4 is 5.32 Å². The first-order valence-corrected chi connectivity index (χ1v) is 6.25. The van der Waals surface area contributed by atoms with Gasteiger partial charge in [-0.05, 0) is 37.1 Å². The summed E-state index contributed by atoms with van der Waals surface area (Å²) in [5.41, 5.74) is 3.24. The number of rotatable bonds is 5. The Labute approximate surface area is 108 Å². The first-order valence-electron chi connectivity index (χ1n) is 6.25. The fourth-order valence-electron chi connectivity index (χ4n) is 1.75. The number of aryl methyl sites for hydroxylation is 1. The molecule has 0 saturated heterocycles. The van der Waals surface area contributed by atoms with Crippen LogP contribution in [0, 0.1) is 6.92 Å². The van der Waals surface area contributed by atoms with E-state index in [1.165, 1.54) is 5.56 Å². The first-order chi connectivity index (χ1) is 8.78. The molecule has 1 N–H and O–H groups in total. The Morgan fingerprint density at radius 2 is 1.94 bits per heavy atom. The van der Waals surface area contributed by atoms with Crippen LogP contribution in [-0.2, 0) is 6.42 Å². The van der Waals surface area contributed by atoms with Gasteiger partial charge in [0.15, 0.2) is 0 Å². The maximum absolute atomic E-state index is 4.52. The van der Waals surface area contributed by atoms with E-state index in [1.807, 2.05) is 25.1 Å². The Morgan fingerprint density at radius 1 is 1.17 bits per heavy atom. The van der Waals surface area contributed by atoms with Gasteiger partial charge in [-0.3, -0.25) is 4.98 Å². The smallest absolute Gasteiger partial charge is 0.223 e. The van der Waals surface area contributed by atoms with E-state index in [-0.39, 0.29) is 0 Å². The average molecular weight is 242 g/mol. The summed E-state index contributed by atoms with van der Waals surface area (Å²) in [6.45, 7) is 5.02. The second-order valence-corrected chi connectivity index (χ2v) is 4.28. The lowest BCUT2D eigenvalue weighted by molar-refractivity contribution is 0.927. The van der Waals surface area contributed by atoms with E-state index in [0.29, 0.717) is 0 Å². The van der Waals surface area contributed by atoms with Gasteiger partial charge < -0.3 is 5.32 Å². The summed E-state index contributed by atoms with van der Waals surface area (Å²) >= 11 is 0. The van der Waals surface area contributed by atoms with Crippen molar-refractivity contribution in [3.05, 3.63) is 47.5 Å². The quantitative estimate of drug-likeness (QED) is 0.875. The van der Waals surface area contributed by atoms with Gasteiger partial charge in [0.1, 0.15) is 0 Å². The molecule has 0 bridgehead atoms. The lowest BCUT2D eigenvalue weighted by Gasteiger charge is -2.07. The summed E-state index contributed by atoms with van der Waals surface area (Å²) in [5, 5.41) is 3.23. The van der Waals surface area contributed by atoms with Gasteiger partial charge in [0, 0.05) is 31.1 Å². The van der Waals surface area contributed by atoms with Crippen LogP contribution in [-0.4, -0.2) is 21.5 Å². The molecule has 0 atom stereocenters. The standard InChI is InChI=1S/C14H18N4/c1-3-6-16-14-17-11(2)9-13(18-14)10-12-4-7-15-8-5-12/h4-5,7-9H,3,6,10H2,1-2H3,(H,16,17,18). The van der Waals surface area contributed by atoms with Gasteiger partial charge >= 0.3 is 0 Å². The number of anilines is 1. The Bertz CT molecular complexity index is 496. The second kappa shape index (κ2) is 6.10. The second-order valence-electron chi connectivity index (χ2n) is 4.28. The summed E-state index contributed by atoms with van der Waals surface area (Å²) in [4.78, 5) is 12.9. The number of nitrogens with one attached hydrogen (secondary N) is 1. The van der Waals surface area contributed by atoms with E-state index >= 15 is 0 Å².